The van der Waals surface area contributed by atoms with Gasteiger partial charge < -0.3 is 23.9 Å². The van der Waals surface area contributed by atoms with E-state index in [4.69, 9.17) is 14.5 Å². The van der Waals surface area contributed by atoms with E-state index in [2.05, 4.69) is 0 Å². The number of aliphatic hydroxyl groups excluding tert-OH is 1. The Bertz CT molecular complexity index is 1140. The summed E-state index contributed by atoms with van der Waals surface area (Å²) >= 11 is 0. The molecule has 1 atom stereocenters. The molecule has 1 aliphatic heterocycles. The first-order valence-electron chi connectivity index (χ1n) is 9.03. The molecule has 0 spiro atoms. The summed E-state index contributed by atoms with van der Waals surface area (Å²) in [7, 11) is 1.46. The zero-order chi connectivity index (χ0) is 19.8. The number of fused-ring (bicyclic) bond motifs is 4. The minimum absolute atomic E-state index is 0.0135. The first-order chi connectivity index (χ1) is 13.6. The highest BCUT2D eigenvalue weighted by Gasteiger charge is 2.27. The average Bonchev–Trinajstić information content (AvgIpc) is 3.06. The van der Waals surface area contributed by atoms with Crippen LogP contribution in [-0.4, -0.2) is 34.7 Å². The number of ether oxygens (including phenoxy) is 2. The van der Waals surface area contributed by atoms with Crippen LogP contribution in [0.3, 0.4) is 0 Å². The summed E-state index contributed by atoms with van der Waals surface area (Å²) in [6.45, 7) is 2.84. The molecular weight excluding hydrogens is 360 g/mol. The van der Waals surface area contributed by atoms with E-state index in [1.807, 2.05) is 31.2 Å². The quantitative estimate of drug-likeness (QED) is 0.516. The third-order valence-electron chi connectivity index (χ3n) is 4.94. The lowest BCUT2D eigenvalue weighted by Crippen LogP contribution is -2.26. The minimum atomic E-state index is -1.39. The Kier molecular flexibility index (Phi) is 4.70. The van der Waals surface area contributed by atoms with Crippen molar-refractivity contribution in [3.8, 4) is 17.1 Å². The third kappa shape index (κ3) is 2.80. The van der Waals surface area contributed by atoms with Gasteiger partial charge in [-0.3, -0.25) is 4.79 Å². The molecule has 144 valence electrons. The molecule has 0 saturated carbocycles. The van der Waals surface area contributed by atoms with Crippen molar-refractivity contribution in [1.29, 1.82) is 0 Å². The molecule has 0 aliphatic carbocycles. The van der Waals surface area contributed by atoms with Crippen LogP contribution in [0.1, 0.15) is 29.7 Å². The Morgan fingerprint density at radius 3 is 2.89 bits per heavy atom. The van der Waals surface area contributed by atoms with Crippen LogP contribution in [0.4, 0.5) is 0 Å². The first kappa shape index (κ1) is 18.3. The maximum Gasteiger partial charge on any atom is 0.257 e. The van der Waals surface area contributed by atoms with Crippen LogP contribution in [0.25, 0.3) is 22.3 Å². The van der Waals surface area contributed by atoms with Crippen molar-refractivity contribution < 1.29 is 19.4 Å². The lowest BCUT2D eigenvalue weighted by atomic mass is 10.0. The molecule has 0 bridgehead atoms. The summed E-state index contributed by atoms with van der Waals surface area (Å²) in [5.74, 6) is 0.746. The Morgan fingerprint density at radius 1 is 1.36 bits per heavy atom. The molecule has 1 N–H and O–H groups in total. The maximum absolute atomic E-state index is 13.0. The number of carbonyl (C=O) groups is 1. The number of aldehydes is 1. The molecule has 0 amide bonds. The summed E-state index contributed by atoms with van der Waals surface area (Å²) in [5.41, 5.74) is 3.13. The molecule has 7 heteroatoms. The molecule has 28 heavy (non-hydrogen) atoms. The van der Waals surface area contributed by atoms with Crippen LogP contribution in [0.5, 0.6) is 5.75 Å². The highest BCUT2D eigenvalue weighted by molar-refractivity contribution is 5.89. The van der Waals surface area contributed by atoms with Gasteiger partial charge in [0.2, 0.25) is 0 Å². The lowest BCUT2D eigenvalue weighted by molar-refractivity contribution is -0.115. The number of aromatic nitrogens is 2. The van der Waals surface area contributed by atoms with Crippen molar-refractivity contribution in [2.45, 2.75) is 26.2 Å². The molecule has 3 heterocycles. The summed E-state index contributed by atoms with van der Waals surface area (Å²) in [4.78, 5) is 28.9. The second-order valence-electron chi connectivity index (χ2n) is 6.62. The molecule has 1 unspecified atom stereocenters. The fourth-order valence-electron chi connectivity index (χ4n) is 3.69. The van der Waals surface area contributed by atoms with Gasteiger partial charge in [0.05, 0.1) is 36.7 Å². The second kappa shape index (κ2) is 7.18. The van der Waals surface area contributed by atoms with Crippen molar-refractivity contribution in [2.75, 3.05) is 13.7 Å². The zero-order valence-electron chi connectivity index (χ0n) is 15.6. The van der Waals surface area contributed by atoms with Crippen LogP contribution >= 0.6 is 0 Å². The monoisotopic (exact) mass is 380 g/mol. The van der Waals surface area contributed by atoms with Gasteiger partial charge in [-0.15, -0.1) is 0 Å². The number of aliphatic hydroxyl groups is 1. The number of nitrogens with zero attached hydrogens (tertiary/aromatic N) is 2. The molecule has 0 fully saturated rings. The van der Waals surface area contributed by atoms with Crippen LogP contribution in [-0.2, 0) is 22.7 Å². The van der Waals surface area contributed by atoms with Crippen LogP contribution in [0, 0.1) is 0 Å². The third-order valence-corrected chi connectivity index (χ3v) is 4.94. The normalized spacial score (nSPS) is 13.2. The van der Waals surface area contributed by atoms with Gasteiger partial charge in [0.25, 0.3) is 5.56 Å². The smallest absolute Gasteiger partial charge is 0.257 e. The number of hydrogen-bond donors (Lipinski definition) is 1. The van der Waals surface area contributed by atoms with Gasteiger partial charge in [0.1, 0.15) is 11.9 Å². The lowest BCUT2D eigenvalue weighted by Gasteiger charge is -2.14. The number of carbonyl (C=O) groups excluding carboxylic acids is 1. The average molecular weight is 380 g/mol. The topological polar surface area (TPSA) is 90.7 Å². The van der Waals surface area contributed by atoms with Gasteiger partial charge in [0, 0.05) is 29.2 Å². The molecule has 3 aromatic rings. The van der Waals surface area contributed by atoms with Crippen molar-refractivity contribution in [3.05, 3.63) is 57.4 Å². The number of hydrogen-bond acceptors (Lipinski definition) is 6. The van der Waals surface area contributed by atoms with Crippen molar-refractivity contribution in [1.82, 2.24) is 9.55 Å². The molecule has 1 aliphatic rings. The van der Waals surface area contributed by atoms with E-state index in [1.165, 1.54) is 7.11 Å². The number of rotatable bonds is 6. The van der Waals surface area contributed by atoms with Crippen LogP contribution in [0.2, 0.25) is 0 Å². The number of pyridine rings is 2. The minimum Gasteiger partial charge on any atom is -0.493 e. The fourth-order valence-corrected chi connectivity index (χ4v) is 3.69. The van der Waals surface area contributed by atoms with Crippen LogP contribution < -0.4 is 10.3 Å². The van der Waals surface area contributed by atoms with Crippen LogP contribution in [0.15, 0.2) is 35.1 Å². The summed E-state index contributed by atoms with van der Waals surface area (Å²) in [6.07, 6.45) is -0.985. The van der Waals surface area contributed by atoms with Gasteiger partial charge in [-0.2, -0.15) is 0 Å². The predicted octanol–water partition coefficient (Wildman–Crippen LogP) is 2.20. The summed E-state index contributed by atoms with van der Waals surface area (Å²) in [5, 5.41) is 11.0. The fraction of sp³-hybridized carbons (Fsp3) is 0.286. The highest BCUT2D eigenvalue weighted by Crippen LogP contribution is 2.35. The van der Waals surface area contributed by atoms with Gasteiger partial charge in [-0.05, 0) is 31.2 Å². The van der Waals surface area contributed by atoms with Gasteiger partial charge in [0.15, 0.2) is 6.29 Å². The standard InChI is InChI=1S/C21H20N2O5/c1-3-28-19-6-4-5-16-14(19)7-12-9-23-17(20(12)22-16)8-13(18(25)10-24)15(11-27-2)21(23)26/h4-8,10,18,25H,3,9,11H2,1-2H3. The van der Waals surface area contributed by atoms with Crippen molar-refractivity contribution in [2.24, 2.45) is 0 Å². The number of benzene rings is 1. The van der Waals surface area contributed by atoms with E-state index in [9.17, 15) is 14.7 Å². The molecule has 4 rings (SSSR count). The highest BCUT2D eigenvalue weighted by atomic mass is 16.5. The predicted molar refractivity (Wildman–Crippen MR) is 103 cm³/mol. The SMILES string of the molecule is CCOc1cccc2nc3c(cc12)Cn1c-3cc(C(O)C=O)c(COC)c1=O. The van der Waals surface area contributed by atoms with E-state index >= 15 is 0 Å². The van der Waals surface area contributed by atoms with Gasteiger partial charge in [-0.25, -0.2) is 4.98 Å². The number of methoxy groups -OCH3 is 1. The molecule has 1 aromatic carbocycles. The maximum atomic E-state index is 13.0. The Balaban J connectivity index is 1.95. The van der Waals surface area contributed by atoms with Crippen molar-refractivity contribution >= 4 is 17.2 Å². The summed E-state index contributed by atoms with van der Waals surface area (Å²) in [6, 6.07) is 9.30. The zero-order valence-corrected chi connectivity index (χ0v) is 15.6. The van der Waals surface area contributed by atoms with E-state index < -0.39 is 6.10 Å². The molecule has 0 saturated heterocycles. The second-order valence-corrected chi connectivity index (χ2v) is 6.62. The van der Waals surface area contributed by atoms with Gasteiger partial charge in [-0.1, -0.05) is 6.07 Å². The Labute approximate surface area is 161 Å². The Morgan fingerprint density at radius 2 is 2.18 bits per heavy atom. The Hall–Kier alpha value is -3.03. The first-order valence-corrected chi connectivity index (χ1v) is 9.03. The molecular formula is C21H20N2O5. The van der Waals surface area contributed by atoms with E-state index in [-0.39, 0.29) is 23.3 Å². The molecule has 7 nitrogen and oxygen atoms in total. The van der Waals surface area contributed by atoms with E-state index in [1.54, 1.807) is 10.6 Å². The van der Waals surface area contributed by atoms with E-state index in [0.29, 0.717) is 30.8 Å². The van der Waals surface area contributed by atoms with Gasteiger partial charge >= 0.3 is 0 Å². The summed E-state index contributed by atoms with van der Waals surface area (Å²) < 4.78 is 12.4. The van der Waals surface area contributed by atoms with E-state index in [0.717, 1.165) is 22.2 Å². The molecule has 2 aromatic heterocycles. The largest absolute Gasteiger partial charge is 0.493 e. The van der Waals surface area contributed by atoms with Crippen molar-refractivity contribution in [3.63, 3.8) is 0 Å². The molecule has 0 radical (unpaired) electrons.